The molecular weight excluding hydrogens is 328 g/mol. The zero-order valence-corrected chi connectivity index (χ0v) is 18.1. The molecule has 1 aliphatic heterocycles. The van der Waals surface area contributed by atoms with E-state index in [-0.39, 0.29) is 5.92 Å². The molecule has 4 nitrogen and oxygen atoms in total. The van der Waals surface area contributed by atoms with Crippen molar-refractivity contribution in [3.8, 4) is 0 Å². The van der Waals surface area contributed by atoms with Crippen LogP contribution in [0.5, 0.6) is 0 Å². The first kappa shape index (κ1) is 23.9. The molecule has 0 aromatic heterocycles. The van der Waals surface area contributed by atoms with Crippen LogP contribution in [0, 0.1) is 11.8 Å². The van der Waals surface area contributed by atoms with Crippen LogP contribution >= 0.6 is 0 Å². The summed E-state index contributed by atoms with van der Waals surface area (Å²) in [6.45, 7) is 13.3. The molecule has 156 valence electrons. The molecular formula is C22H44O4. The molecule has 0 saturated carbocycles. The summed E-state index contributed by atoms with van der Waals surface area (Å²) >= 11 is 0. The van der Waals surface area contributed by atoms with Gasteiger partial charge < -0.3 is 18.9 Å². The molecule has 0 N–H and O–H groups in total. The van der Waals surface area contributed by atoms with E-state index in [9.17, 15) is 0 Å². The highest BCUT2D eigenvalue weighted by atomic mass is 16.9. The lowest BCUT2D eigenvalue weighted by Crippen LogP contribution is -2.49. The van der Waals surface area contributed by atoms with Crippen molar-refractivity contribution >= 4 is 0 Å². The first-order chi connectivity index (χ1) is 12.7. The minimum atomic E-state index is -0.906. The highest BCUT2D eigenvalue weighted by Gasteiger charge is 2.46. The third-order valence-electron chi connectivity index (χ3n) is 5.42. The quantitative estimate of drug-likeness (QED) is 0.170. The minimum Gasteiger partial charge on any atom is -0.373 e. The van der Waals surface area contributed by atoms with Crippen LogP contribution in [0.25, 0.3) is 0 Å². The van der Waals surface area contributed by atoms with Crippen molar-refractivity contribution in [2.75, 3.05) is 26.4 Å². The minimum absolute atomic E-state index is 0.253. The number of hydrogen-bond acceptors (Lipinski definition) is 4. The van der Waals surface area contributed by atoms with Gasteiger partial charge in [-0.3, -0.25) is 0 Å². The molecule has 1 saturated heterocycles. The molecule has 3 atom stereocenters. The predicted molar refractivity (Wildman–Crippen MR) is 107 cm³/mol. The summed E-state index contributed by atoms with van der Waals surface area (Å²) in [7, 11) is 0. The van der Waals surface area contributed by atoms with Gasteiger partial charge in [-0.15, -0.1) is 0 Å². The molecule has 1 fully saturated rings. The third-order valence-corrected chi connectivity index (χ3v) is 5.42. The fourth-order valence-electron chi connectivity index (χ4n) is 4.05. The van der Waals surface area contributed by atoms with Crippen LogP contribution in [-0.2, 0) is 18.9 Å². The summed E-state index contributed by atoms with van der Waals surface area (Å²) < 4.78 is 24.0. The second kappa shape index (κ2) is 13.9. The monoisotopic (exact) mass is 372 g/mol. The second-order valence-corrected chi connectivity index (χ2v) is 7.42. The van der Waals surface area contributed by atoms with Gasteiger partial charge in [-0.25, -0.2) is 0 Å². The van der Waals surface area contributed by atoms with E-state index in [4.69, 9.17) is 18.9 Å². The molecule has 1 rings (SSSR count). The Morgan fingerprint density at radius 2 is 1.38 bits per heavy atom. The number of rotatable bonds is 18. The zero-order valence-electron chi connectivity index (χ0n) is 18.1. The smallest absolute Gasteiger partial charge is 0.286 e. The maximum Gasteiger partial charge on any atom is 0.286 e. The first-order valence-electron chi connectivity index (χ1n) is 11.2. The zero-order chi connectivity index (χ0) is 19.3. The van der Waals surface area contributed by atoms with Gasteiger partial charge in [-0.05, 0) is 39.5 Å². The van der Waals surface area contributed by atoms with Crippen LogP contribution in [0.4, 0.5) is 0 Å². The summed E-state index contributed by atoms with van der Waals surface area (Å²) in [4.78, 5) is 0. The highest BCUT2D eigenvalue weighted by Crippen LogP contribution is 2.40. The average molecular weight is 373 g/mol. The van der Waals surface area contributed by atoms with Crippen molar-refractivity contribution < 1.29 is 18.9 Å². The Morgan fingerprint density at radius 1 is 0.846 bits per heavy atom. The fourth-order valence-corrected chi connectivity index (χ4v) is 4.05. The molecule has 0 aromatic carbocycles. The summed E-state index contributed by atoms with van der Waals surface area (Å²) in [5, 5.41) is 0. The van der Waals surface area contributed by atoms with E-state index in [1.54, 1.807) is 0 Å². The van der Waals surface area contributed by atoms with Crippen molar-refractivity contribution in [2.45, 2.75) is 104 Å². The van der Waals surface area contributed by atoms with E-state index in [2.05, 4.69) is 13.8 Å². The van der Waals surface area contributed by atoms with Crippen molar-refractivity contribution in [1.29, 1.82) is 0 Å². The molecule has 0 bridgehead atoms. The molecule has 1 heterocycles. The second-order valence-electron chi connectivity index (χ2n) is 7.42. The molecule has 4 heteroatoms. The Labute approximate surface area is 162 Å². The van der Waals surface area contributed by atoms with E-state index in [0.717, 1.165) is 25.9 Å². The maximum absolute atomic E-state index is 6.17. The molecule has 0 aliphatic carbocycles. The highest BCUT2D eigenvalue weighted by molar-refractivity contribution is 4.84. The van der Waals surface area contributed by atoms with Crippen LogP contribution in [0.1, 0.15) is 92.4 Å². The van der Waals surface area contributed by atoms with Gasteiger partial charge in [0, 0.05) is 25.7 Å². The molecule has 0 aromatic rings. The lowest BCUT2D eigenvalue weighted by atomic mass is 9.80. The van der Waals surface area contributed by atoms with E-state index >= 15 is 0 Å². The normalized spacial score (nSPS) is 19.5. The fraction of sp³-hybridized carbons (Fsp3) is 1.00. The largest absolute Gasteiger partial charge is 0.373 e. The van der Waals surface area contributed by atoms with Crippen LogP contribution in [0.3, 0.4) is 0 Å². The summed E-state index contributed by atoms with van der Waals surface area (Å²) in [5.41, 5.74) is 0. The van der Waals surface area contributed by atoms with E-state index in [0.29, 0.717) is 31.8 Å². The van der Waals surface area contributed by atoms with Gasteiger partial charge in [-0.1, -0.05) is 58.8 Å². The maximum atomic E-state index is 6.17. The number of ether oxygens (including phenoxy) is 4. The molecule has 0 amide bonds. The third kappa shape index (κ3) is 8.24. The van der Waals surface area contributed by atoms with Gasteiger partial charge in [0.25, 0.3) is 5.97 Å². The van der Waals surface area contributed by atoms with E-state index < -0.39 is 5.97 Å². The Bertz CT molecular complexity index is 313. The Morgan fingerprint density at radius 3 is 1.85 bits per heavy atom. The van der Waals surface area contributed by atoms with Gasteiger partial charge in [0.2, 0.25) is 0 Å². The van der Waals surface area contributed by atoms with Crippen LogP contribution < -0.4 is 0 Å². The Hall–Kier alpha value is -0.160. The molecule has 3 unspecified atom stereocenters. The lowest BCUT2D eigenvalue weighted by molar-refractivity contribution is -0.409. The number of hydrogen-bond donors (Lipinski definition) is 0. The molecule has 0 radical (unpaired) electrons. The van der Waals surface area contributed by atoms with E-state index in [1.165, 1.54) is 38.5 Å². The molecule has 0 spiro atoms. The average Bonchev–Trinajstić information content (AvgIpc) is 3.44. The van der Waals surface area contributed by atoms with Gasteiger partial charge in [0.05, 0.1) is 12.7 Å². The standard InChI is InChI=1S/C22H44O4/c1-6-11-12-13-14-15-16-21(19(7-2)17-20-18-23-20)22(24-8-3,25-9-4)26-10-5/h19-21H,6-18H2,1-5H3. The van der Waals surface area contributed by atoms with Crippen LogP contribution in [0.15, 0.2) is 0 Å². The van der Waals surface area contributed by atoms with Gasteiger partial charge in [0.1, 0.15) is 0 Å². The van der Waals surface area contributed by atoms with Crippen LogP contribution in [-0.4, -0.2) is 38.5 Å². The van der Waals surface area contributed by atoms with Crippen molar-refractivity contribution in [3.05, 3.63) is 0 Å². The van der Waals surface area contributed by atoms with Crippen molar-refractivity contribution in [2.24, 2.45) is 11.8 Å². The topological polar surface area (TPSA) is 40.2 Å². The van der Waals surface area contributed by atoms with E-state index in [1.807, 2.05) is 20.8 Å². The van der Waals surface area contributed by atoms with Gasteiger partial charge in [-0.2, -0.15) is 0 Å². The van der Waals surface area contributed by atoms with Crippen LogP contribution in [0.2, 0.25) is 0 Å². The Balaban J connectivity index is 2.82. The molecule has 26 heavy (non-hydrogen) atoms. The van der Waals surface area contributed by atoms with Gasteiger partial charge in [0.15, 0.2) is 0 Å². The van der Waals surface area contributed by atoms with Gasteiger partial charge >= 0.3 is 0 Å². The Kier molecular flexibility index (Phi) is 12.8. The predicted octanol–water partition coefficient (Wildman–Crippen LogP) is 5.93. The van der Waals surface area contributed by atoms with Crippen molar-refractivity contribution in [1.82, 2.24) is 0 Å². The first-order valence-corrected chi connectivity index (χ1v) is 11.2. The van der Waals surface area contributed by atoms with Crippen molar-refractivity contribution in [3.63, 3.8) is 0 Å². The number of epoxide rings is 1. The number of unbranched alkanes of at least 4 members (excludes halogenated alkanes) is 5. The summed E-state index contributed by atoms with van der Waals surface area (Å²) in [6, 6.07) is 0. The lowest BCUT2D eigenvalue weighted by Gasteiger charge is -2.42. The SMILES string of the molecule is CCCCCCCCC(C(CC)CC1CO1)C(OCC)(OCC)OCC. The summed E-state index contributed by atoms with van der Waals surface area (Å²) in [5.74, 6) is -0.150. The summed E-state index contributed by atoms with van der Waals surface area (Å²) in [6.07, 6.45) is 11.5. The molecule has 1 aliphatic rings.